The normalized spacial score (nSPS) is 20.0. The van der Waals surface area contributed by atoms with Crippen LogP contribution >= 0.6 is 0 Å². The van der Waals surface area contributed by atoms with Crippen LogP contribution in [-0.2, 0) is 6.42 Å². The number of nitrogens with two attached hydrogens (primary N) is 1. The second-order valence-corrected chi connectivity index (χ2v) is 4.14. The molecule has 1 aliphatic rings. The van der Waals surface area contributed by atoms with Crippen molar-refractivity contribution in [2.24, 2.45) is 5.73 Å². The summed E-state index contributed by atoms with van der Waals surface area (Å²) in [5.41, 5.74) is 6.84. The van der Waals surface area contributed by atoms with Gasteiger partial charge >= 0.3 is 0 Å². The minimum absolute atomic E-state index is 0.399. The van der Waals surface area contributed by atoms with Crippen LogP contribution < -0.4 is 5.73 Å². The number of imidazole rings is 1. The number of rotatable bonds is 2. The van der Waals surface area contributed by atoms with E-state index in [-0.39, 0.29) is 0 Å². The molecular weight excluding hydrogens is 190 g/mol. The quantitative estimate of drug-likeness (QED) is 0.800. The molecule has 0 saturated carbocycles. The van der Waals surface area contributed by atoms with Crippen LogP contribution in [-0.4, -0.2) is 15.5 Å². The zero-order valence-corrected chi connectivity index (χ0v) is 9.29. The zero-order chi connectivity index (χ0) is 11.0. The van der Waals surface area contributed by atoms with Crippen molar-refractivity contribution >= 4 is 5.91 Å². The van der Waals surface area contributed by atoms with E-state index in [2.05, 4.69) is 16.5 Å². The summed E-state index contributed by atoms with van der Waals surface area (Å²) in [5, 5.41) is 0. The first kappa shape index (κ1) is 10.2. The van der Waals surface area contributed by atoms with Gasteiger partial charge in [-0.25, -0.2) is 4.98 Å². The third-order valence-corrected chi connectivity index (χ3v) is 3.21. The van der Waals surface area contributed by atoms with Crippen LogP contribution in [0.1, 0.15) is 54.2 Å². The van der Waals surface area contributed by atoms with Gasteiger partial charge in [0.2, 0.25) is 0 Å². The van der Waals surface area contributed by atoms with E-state index in [1.165, 1.54) is 6.42 Å². The number of hydrogen-bond acceptors (Lipinski definition) is 2. The summed E-state index contributed by atoms with van der Waals surface area (Å²) in [7, 11) is 0. The summed E-state index contributed by atoms with van der Waals surface area (Å²) >= 11 is 0. The number of aryl methyl sites for hydroxylation is 1. The van der Waals surface area contributed by atoms with Gasteiger partial charge in [0, 0.05) is 6.04 Å². The van der Waals surface area contributed by atoms with Gasteiger partial charge in [-0.1, -0.05) is 6.92 Å². The van der Waals surface area contributed by atoms with Crippen LogP contribution in [0.2, 0.25) is 0 Å². The van der Waals surface area contributed by atoms with Gasteiger partial charge in [-0.2, -0.15) is 0 Å². The maximum Gasteiger partial charge on any atom is 0.269 e. The first-order valence-corrected chi connectivity index (χ1v) is 5.52. The Bertz CT molecular complexity index is 395. The molecule has 2 N–H and O–H groups in total. The topological polar surface area (TPSA) is 60.9 Å². The van der Waals surface area contributed by atoms with Gasteiger partial charge in [-0.3, -0.25) is 4.79 Å². The number of amides is 1. The lowest BCUT2D eigenvalue weighted by Gasteiger charge is -2.26. The molecule has 0 aromatic carbocycles. The number of hydrogen-bond donors (Lipinski definition) is 1. The number of aromatic nitrogens is 2. The fourth-order valence-corrected chi connectivity index (χ4v) is 2.53. The molecule has 0 radical (unpaired) electrons. The van der Waals surface area contributed by atoms with E-state index >= 15 is 0 Å². The Labute approximate surface area is 89.5 Å². The molecule has 1 amide bonds. The van der Waals surface area contributed by atoms with Gasteiger partial charge in [-0.05, 0) is 32.6 Å². The van der Waals surface area contributed by atoms with E-state index in [9.17, 15) is 4.79 Å². The predicted molar refractivity (Wildman–Crippen MR) is 57.7 cm³/mol. The van der Waals surface area contributed by atoms with Crippen molar-refractivity contribution in [3.8, 4) is 0 Å². The van der Waals surface area contributed by atoms with Crippen molar-refractivity contribution in [2.45, 2.75) is 45.6 Å². The fraction of sp³-hybridized carbons (Fsp3) is 0.636. The van der Waals surface area contributed by atoms with Gasteiger partial charge in [0.25, 0.3) is 5.91 Å². The van der Waals surface area contributed by atoms with E-state index in [0.717, 1.165) is 30.8 Å². The van der Waals surface area contributed by atoms with Gasteiger partial charge in [0.05, 0.1) is 5.69 Å². The maximum absolute atomic E-state index is 11.2. The molecule has 0 saturated heterocycles. The lowest BCUT2D eigenvalue weighted by Crippen LogP contribution is -2.21. The Kier molecular flexibility index (Phi) is 2.50. The molecule has 2 heterocycles. The molecule has 4 nitrogen and oxygen atoms in total. The third kappa shape index (κ3) is 1.54. The van der Waals surface area contributed by atoms with Gasteiger partial charge < -0.3 is 10.3 Å². The van der Waals surface area contributed by atoms with Crippen molar-refractivity contribution in [1.82, 2.24) is 9.55 Å². The molecule has 82 valence electrons. The number of carbonyl (C=O) groups excluding carboxylic acids is 1. The number of primary amides is 1. The van der Waals surface area contributed by atoms with Gasteiger partial charge in [0.15, 0.2) is 0 Å². The van der Waals surface area contributed by atoms with Crippen LogP contribution in [0.25, 0.3) is 0 Å². The van der Waals surface area contributed by atoms with E-state index in [0.29, 0.717) is 11.7 Å². The molecule has 1 aliphatic heterocycles. The molecule has 0 fully saturated rings. The Hall–Kier alpha value is -1.32. The predicted octanol–water partition coefficient (Wildman–Crippen LogP) is 1.58. The minimum atomic E-state index is -0.399. The SMILES string of the molecule is CCC1CCCc2c(C(N)=O)nc(C)n21. The minimum Gasteiger partial charge on any atom is -0.364 e. The zero-order valence-electron chi connectivity index (χ0n) is 9.29. The van der Waals surface area contributed by atoms with Gasteiger partial charge in [0.1, 0.15) is 11.5 Å². The Morgan fingerprint density at radius 3 is 3.00 bits per heavy atom. The van der Waals surface area contributed by atoms with Crippen molar-refractivity contribution in [1.29, 1.82) is 0 Å². The Morgan fingerprint density at radius 2 is 2.40 bits per heavy atom. The average Bonchev–Trinajstić information content (AvgIpc) is 2.56. The van der Waals surface area contributed by atoms with Crippen LogP contribution in [0.3, 0.4) is 0 Å². The van der Waals surface area contributed by atoms with Crippen molar-refractivity contribution in [3.05, 3.63) is 17.2 Å². The average molecular weight is 207 g/mol. The van der Waals surface area contributed by atoms with Crippen molar-refractivity contribution in [3.63, 3.8) is 0 Å². The number of nitrogens with zero attached hydrogens (tertiary/aromatic N) is 2. The molecule has 0 aliphatic carbocycles. The highest BCUT2D eigenvalue weighted by Gasteiger charge is 2.25. The molecule has 4 heteroatoms. The molecule has 0 spiro atoms. The summed E-state index contributed by atoms with van der Waals surface area (Å²) < 4.78 is 2.20. The van der Waals surface area contributed by atoms with E-state index in [4.69, 9.17) is 5.73 Å². The lowest BCUT2D eigenvalue weighted by molar-refractivity contribution is 0.0994. The van der Waals surface area contributed by atoms with E-state index < -0.39 is 5.91 Å². The smallest absolute Gasteiger partial charge is 0.269 e. The first-order valence-electron chi connectivity index (χ1n) is 5.52. The summed E-state index contributed by atoms with van der Waals surface area (Å²) in [5.74, 6) is 0.522. The van der Waals surface area contributed by atoms with Crippen LogP contribution in [0.5, 0.6) is 0 Å². The Balaban J connectivity index is 2.53. The monoisotopic (exact) mass is 207 g/mol. The number of carbonyl (C=O) groups is 1. The van der Waals surface area contributed by atoms with Crippen molar-refractivity contribution < 1.29 is 4.79 Å². The largest absolute Gasteiger partial charge is 0.364 e. The third-order valence-electron chi connectivity index (χ3n) is 3.21. The standard InChI is InChI=1S/C11H17N3O/c1-3-8-5-4-6-9-10(11(12)15)13-7(2)14(8)9/h8H,3-6H2,1-2H3,(H2,12,15). The lowest BCUT2D eigenvalue weighted by atomic mass is 9.99. The van der Waals surface area contributed by atoms with E-state index in [1.807, 2.05) is 6.92 Å². The van der Waals surface area contributed by atoms with Crippen LogP contribution in [0, 0.1) is 6.92 Å². The number of fused-ring (bicyclic) bond motifs is 1. The van der Waals surface area contributed by atoms with Gasteiger partial charge in [-0.15, -0.1) is 0 Å². The van der Waals surface area contributed by atoms with E-state index in [1.54, 1.807) is 0 Å². The summed E-state index contributed by atoms with van der Waals surface area (Å²) in [6, 6.07) is 0.495. The second kappa shape index (κ2) is 3.68. The van der Waals surface area contributed by atoms with Crippen molar-refractivity contribution in [2.75, 3.05) is 0 Å². The highest BCUT2D eigenvalue weighted by Crippen LogP contribution is 2.30. The van der Waals surface area contributed by atoms with Crippen LogP contribution in [0.15, 0.2) is 0 Å². The summed E-state index contributed by atoms with van der Waals surface area (Å²) in [4.78, 5) is 15.5. The molecule has 15 heavy (non-hydrogen) atoms. The fourth-order valence-electron chi connectivity index (χ4n) is 2.53. The molecule has 1 unspecified atom stereocenters. The highest BCUT2D eigenvalue weighted by molar-refractivity contribution is 5.92. The molecule has 0 bridgehead atoms. The molecule has 2 rings (SSSR count). The first-order chi connectivity index (χ1) is 7.15. The maximum atomic E-state index is 11.2. The highest BCUT2D eigenvalue weighted by atomic mass is 16.1. The summed E-state index contributed by atoms with van der Waals surface area (Å²) in [6.45, 7) is 4.12. The van der Waals surface area contributed by atoms with Crippen LogP contribution in [0.4, 0.5) is 0 Å². The molecule has 1 atom stereocenters. The molecule has 1 aromatic rings. The molecular formula is C11H17N3O. The summed E-state index contributed by atoms with van der Waals surface area (Å²) in [6.07, 6.45) is 4.32. The Morgan fingerprint density at radius 1 is 1.67 bits per heavy atom. The molecule has 1 aromatic heterocycles. The second-order valence-electron chi connectivity index (χ2n) is 4.14.